The molecule has 1 rings (SSSR count). The third-order valence-electron chi connectivity index (χ3n) is 2.81. The summed E-state index contributed by atoms with van der Waals surface area (Å²) in [6.07, 6.45) is -0.353. The summed E-state index contributed by atoms with van der Waals surface area (Å²) >= 11 is 5.55. The van der Waals surface area contributed by atoms with Gasteiger partial charge in [0.15, 0.2) is 5.78 Å². The molecule has 98 valence electrons. The predicted molar refractivity (Wildman–Crippen MR) is 66.2 cm³/mol. The van der Waals surface area contributed by atoms with E-state index in [1.807, 2.05) is 27.7 Å². The Morgan fingerprint density at radius 3 is 2.41 bits per heavy atom. The number of hydrogen-bond acceptors (Lipinski definition) is 3. The summed E-state index contributed by atoms with van der Waals surface area (Å²) in [7, 11) is 0. The fourth-order valence-electron chi connectivity index (χ4n) is 1.96. The quantitative estimate of drug-likeness (QED) is 0.717. The number of rotatable bonds is 2. The first-order chi connectivity index (χ1) is 7.74. The number of Topliss-reactive ketones (excluding diaryl/α,β-unsaturated/α-hetero) is 1. The maximum atomic E-state index is 11.8. The Labute approximate surface area is 107 Å². The molecular formula is C12H20ClNO3. The van der Waals surface area contributed by atoms with Crippen LogP contribution in [0.5, 0.6) is 0 Å². The van der Waals surface area contributed by atoms with Gasteiger partial charge in [0.25, 0.3) is 0 Å². The second kappa shape index (κ2) is 5.25. The predicted octanol–water partition coefficient (Wildman–Crippen LogP) is 2.30. The smallest absolute Gasteiger partial charge is 0.410 e. The summed E-state index contributed by atoms with van der Waals surface area (Å²) in [6, 6.07) is 0. The van der Waals surface area contributed by atoms with Crippen molar-refractivity contribution in [2.45, 2.75) is 33.3 Å². The summed E-state index contributed by atoms with van der Waals surface area (Å²) in [4.78, 5) is 25.0. The van der Waals surface area contributed by atoms with Crippen molar-refractivity contribution in [3.05, 3.63) is 0 Å². The zero-order valence-electron chi connectivity index (χ0n) is 10.8. The van der Waals surface area contributed by atoms with E-state index in [2.05, 4.69) is 0 Å². The van der Waals surface area contributed by atoms with Gasteiger partial charge in [-0.15, -0.1) is 11.6 Å². The van der Waals surface area contributed by atoms with Gasteiger partial charge in [0.05, 0.1) is 5.88 Å². The number of likely N-dealkylation sites (tertiary alicyclic amines) is 1. The lowest BCUT2D eigenvalue weighted by Gasteiger charge is -2.24. The highest BCUT2D eigenvalue weighted by molar-refractivity contribution is 6.28. The molecule has 0 aromatic carbocycles. The molecule has 2 atom stereocenters. The molecule has 0 aromatic heterocycles. The molecule has 1 amide bonds. The lowest BCUT2D eigenvalue weighted by Crippen LogP contribution is -2.36. The lowest BCUT2D eigenvalue weighted by molar-refractivity contribution is -0.120. The maximum Gasteiger partial charge on any atom is 0.410 e. The van der Waals surface area contributed by atoms with Crippen LogP contribution in [-0.2, 0) is 9.53 Å². The SMILES string of the molecule is C[C@@H]1CN(C(=O)OC(C)(C)C)C[C@H]1C(=O)CCl. The van der Waals surface area contributed by atoms with E-state index in [9.17, 15) is 9.59 Å². The van der Waals surface area contributed by atoms with Crippen molar-refractivity contribution >= 4 is 23.5 Å². The van der Waals surface area contributed by atoms with E-state index in [-0.39, 0.29) is 29.6 Å². The number of ether oxygens (including phenoxy) is 1. The van der Waals surface area contributed by atoms with Gasteiger partial charge in [-0.3, -0.25) is 4.79 Å². The molecule has 17 heavy (non-hydrogen) atoms. The molecule has 4 nitrogen and oxygen atoms in total. The molecule has 0 unspecified atom stereocenters. The molecule has 0 N–H and O–H groups in total. The molecule has 0 aliphatic carbocycles. The van der Waals surface area contributed by atoms with E-state index >= 15 is 0 Å². The van der Waals surface area contributed by atoms with E-state index in [1.54, 1.807) is 4.90 Å². The molecule has 5 heteroatoms. The summed E-state index contributed by atoms with van der Waals surface area (Å²) in [5, 5.41) is 0. The second-order valence-corrected chi connectivity index (χ2v) is 5.84. The minimum absolute atomic E-state index is 0.00484. The fraction of sp³-hybridized carbons (Fsp3) is 0.833. The van der Waals surface area contributed by atoms with E-state index in [0.717, 1.165) is 0 Å². The molecule has 1 aliphatic rings. The highest BCUT2D eigenvalue weighted by atomic mass is 35.5. The number of halogens is 1. The topological polar surface area (TPSA) is 46.6 Å². The third kappa shape index (κ3) is 3.87. The Bertz CT molecular complexity index is 311. The number of amides is 1. The van der Waals surface area contributed by atoms with Gasteiger partial charge in [-0.1, -0.05) is 6.92 Å². The summed E-state index contributed by atoms with van der Waals surface area (Å²) in [5.41, 5.74) is -0.505. The zero-order valence-corrected chi connectivity index (χ0v) is 11.6. The molecule has 0 aromatic rings. The first-order valence-corrected chi connectivity index (χ1v) is 6.34. The molecule has 1 fully saturated rings. The molecule has 1 heterocycles. The number of nitrogens with zero attached hydrogens (tertiary/aromatic N) is 1. The molecule has 0 bridgehead atoms. The minimum atomic E-state index is -0.505. The number of hydrogen-bond donors (Lipinski definition) is 0. The molecule has 0 saturated carbocycles. The van der Waals surface area contributed by atoms with E-state index in [1.165, 1.54) is 0 Å². The van der Waals surface area contributed by atoms with Gasteiger partial charge < -0.3 is 9.64 Å². The highest BCUT2D eigenvalue weighted by Gasteiger charge is 2.37. The van der Waals surface area contributed by atoms with Crippen molar-refractivity contribution < 1.29 is 14.3 Å². The summed E-state index contributed by atoms with van der Waals surface area (Å²) in [6.45, 7) is 8.41. The Balaban J connectivity index is 2.60. The van der Waals surface area contributed by atoms with Gasteiger partial charge in [0.1, 0.15) is 5.60 Å². The van der Waals surface area contributed by atoms with Crippen LogP contribution in [0.15, 0.2) is 0 Å². The van der Waals surface area contributed by atoms with Gasteiger partial charge in [-0.25, -0.2) is 4.79 Å². The van der Waals surface area contributed by atoms with Crippen molar-refractivity contribution in [3.63, 3.8) is 0 Å². The van der Waals surface area contributed by atoms with Crippen LogP contribution in [0.25, 0.3) is 0 Å². The van der Waals surface area contributed by atoms with Crippen molar-refractivity contribution in [1.82, 2.24) is 4.90 Å². The fourth-order valence-corrected chi connectivity index (χ4v) is 2.16. The number of ketones is 1. The van der Waals surface area contributed by atoms with Crippen LogP contribution in [0.2, 0.25) is 0 Å². The third-order valence-corrected chi connectivity index (χ3v) is 3.07. The Kier molecular flexibility index (Phi) is 4.42. The van der Waals surface area contributed by atoms with Crippen LogP contribution in [0.3, 0.4) is 0 Å². The average molecular weight is 262 g/mol. The molecule has 1 aliphatic heterocycles. The van der Waals surface area contributed by atoms with Crippen LogP contribution in [0.1, 0.15) is 27.7 Å². The van der Waals surface area contributed by atoms with Crippen LogP contribution >= 0.6 is 11.6 Å². The highest BCUT2D eigenvalue weighted by Crippen LogP contribution is 2.25. The Hall–Kier alpha value is -0.770. The van der Waals surface area contributed by atoms with Crippen molar-refractivity contribution in [2.75, 3.05) is 19.0 Å². The minimum Gasteiger partial charge on any atom is -0.444 e. The van der Waals surface area contributed by atoms with Gasteiger partial charge in [0.2, 0.25) is 0 Å². The number of carbonyl (C=O) groups is 2. The van der Waals surface area contributed by atoms with Gasteiger partial charge >= 0.3 is 6.09 Å². The van der Waals surface area contributed by atoms with Crippen molar-refractivity contribution in [2.24, 2.45) is 11.8 Å². The lowest BCUT2D eigenvalue weighted by atomic mass is 9.95. The Morgan fingerprint density at radius 2 is 1.94 bits per heavy atom. The summed E-state index contributed by atoms with van der Waals surface area (Å²) < 4.78 is 5.27. The van der Waals surface area contributed by atoms with E-state index < -0.39 is 5.60 Å². The van der Waals surface area contributed by atoms with Crippen LogP contribution in [0.4, 0.5) is 4.79 Å². The monoisotopic (exact) mass is 261 g/mol. The summed E-state index contributed by atoms with van der Waals surface area (Å²) in [5.74, 6) is 0.0102. The van der Waals surface area contributed by atoms with Gasteiger partial charge in [0, 0.05) is 19.0 Å². The Morgan fingerprint density at radius 1 is 1.35 bits per heavy atom. The normalized spacial score (nSPS) is 24.9. The second-order valence-electron chi connectivity index (χ2n) is 5.57. The van der Waals surface area contributed by atoms with E-state index in [4.69, 9.17) is 16.3 Å². The molecular weight excluding hydrogens is 242 g/mol. The van der Waals surface area contributed by atoms with Crippen molar-refractivity contribution in [3.8, 4) is 0 Å². The van der Waals surface area contributed by atoms with Gasteiger partial charge in [-0.05, 0) is 26.7 Å². The maximum absolute atomic E-state index is 11.8. The molecule has 0 radical (unpaired) electrons. The van der Waals surface area contributed by atoms with E-state index in [0.29, 0.717) is 13.1 Å². The van der Waals surface area contributed by atoms with Crippen LogP contribution in [-0.4, -0.2) is 41.3 Å². The average Bonchev–Trinajstić information content (AvgIpc) is 2.57. The standard InChI is InChI=1S/C12H20ClNO3/c1-8-6-14(7-9(8)10(15)5-13)11(16)17-12(2,3)4/h8-9H,5-7H2,1-4H3/t8-,9-/m1/s1. The largest absolute Gasteiger partial charge is 0.444 e. The van der Waals surface area contributed by atoms with Crippen molar-refractivity contribution in [1.29, 1.82) is 0 Å². The van der Waals surface area contributed by atoms with Crippen LogP contribution in [0, 0.1) is 11.8 Å². The van der Waals surface area contributed by atoms with Crippen LogP contribution < -0.4 is 0 Å². The number of alkyl halides is 1. The first-order valence-electron chi connectivity index (χ1n) is 5.81. The number of carbonyl (C=O) groups excluding carboxylic acids is 2. The zero-order chi connectivity index (χ0) is 13.2. The van der Waals surface area contributed by atoms with Gasteiger partial charge in [-0.2, -0.15) is 0 Å². The molecule has 1 saturated heterocycles. The first kappa shape index (κ1) is 14.3. The molecule has 0 spiro atoms.